The summed E-state index contributed by atoms with van der Waals surface area (Å²) in [6, 6.07) is 9.93. The predicted molar refractivity (Wildman–Crippen MR) is 89.1 cm³/mol. The fourth-order valence-electron chi connectivity index (χ4n) is 3.79. The molecule has 1 aromatic carbocycles. The summed E-state index contributed by atoms with van der Waals surface area (Å²) in [6.45, 7) is 7.81. The molecule has 1 fully saturated rings. The molecule has 0 radical (unpaired) electrons. The lowest BCUT2D eigenvalue weighted by Gasteiger charge is -2.39. The van der Waals surface area contributed by atoms with Crippen LogP contribution >= 0.6 is 0 Å². The Labute approximate surface area is 127 Å². The van der Waals surface area contributed by atoms with Crippen molar-refractivity contribution >= 4 is 10.9 Å². The molecular formula is C18H27N3. The second kappa shape index (κ2) is 5.82. The van der Waals surface area contributed by atoms with Crippen LogP contribution in [0.2, 0.25) is 0 Å². The maximum atomic E-state index is 3.69. The van der Waals surface area contributed by atoms with Gasteiger partial charge in [-0.25, -0.2) is 10.4 Å². The Morgan fingerprint density at radius 3 is 2.48 bits per heavy atom. The number of rotatable bonds is 3. The third-order valence-corrected chi connectivity index (χ3v) is 5.13. The summed E-state index contributed by atoms with van der Waals surface area (Å²) in [5.74, 6) is 0. The van der Waals surface area contributed by atoms with Crippen LogP contribution in [0.15, 0.2) is 24.3 Å². The number of fused-ring (bicyclic) bond motifs is 1. The highest BCUT2D eigenvalue weighted by molar-refractivity contribution is 5.85. The molecule has 1 aromatic heterocycles. The fourth-order valence-corrected chi connectivity index (χ4v) is 3.79. The molecule has 0 amide bonds. The summed E-state index contributed by atoms with van der Waals surface area (Å²) < 4.78 is 2.33. The summed E-state index contributed by atoms with van der Waals surface area (Å²) in [5.41, 5.74) is 7.81. The number of para-hydroxylation sites is 1. The molecule has 1 aliphatic heterocycles. The van der Waals surface area contributed by atoms with Crippen molar-refractivity contribution in [2.75, 3.05) is 0 Å². The Morgan fingerprint density at radius 1 is 1.14 bits per heavy atom. The molecule has 3 rings (SSSR count). The Kier molecular flexibility index (Phi) is 4.05. The molecule has 2 heterocycles. The third-order valence-electron chi connectivity index (χ3n) is 5.13. The van der Waals surface area contributed by atoms with E-state index in [1.807, 2.05) is 0 Å². The van der Waals surface area contributed by atoms with Crippen LogP contribution in [0.4, 0.5) is 0 Å². The van der Waals surface area contributed by atoms with Crippen LogP contribution in [0.5, 0.6) is 0 Å². The van der Waals surface area contributed by atoms with Crippen LogP contribution in [-0.2, 0) is 13.6 Å². The van der Waals surface area contributed by atoms with Crippen molar-refractivity contribution in [3.63, 3.8) is 0 Å². The summed E-state index contributed by atoms with van der Waals surface area (Å²) in [6.07, 6.45) is 3.95. The number of hydrogen-bond donors (Lipinski definition) is 1. The number of aryl methyl sites for hydroxylation is 2. The standard InChI is InChI=1S/C18H27N3/c1-13-8-7-9-14(2)21(13)19-12-18-15(3)16-10-5-6-11-17(16)20(18)4/h5-6,10-11,13-14,19H,7-9,12H2,1-4H3. The van der Waals surface area contributed by atoms with E-state index < -0.39 is 0 Å². The highest BCUT2D eigenvalue weighted by atomic mass is 15.5. The van der Waals surface area contributed by atoms with E-state index in [2.05, 4.69) is 67.1 Å². The van der Waals surface area contributed by atoms with Crippen LogP contribution in [0, 0.1) is 6.92 Å². The van der Waals surface area contributed by atoms with Gasteiger partial charge in [-0.05, 0) is 45.2 Å². The first-order valence-electron chi connectivity index (χ1n) is 8.14. The van der Waals surface area contributed by atoms with Crippen molar-refractivity contribution in [1.82, 2.24) is 15.0 Å². The maximum absolute atomic E-state index is 3.69. The lowest BCUT2D eigenvalue weighted by molar-refractivity contribution is 0.0428. The molecule has 2 aromatic rings. The SMILES string of the molecule is Cc1c(CNN2C(C)CCCC2C)n(C)c2ccccc12. The molecule has 1 saturated heterocycles. The number of hydrazine groups is 1. The molecule has 0 spiro atoms. The number of aromatic nitrogens is 1. The molecule has 1 N–H and O–H groups in total. The summed E-state index contributed by atoms with van der Waals surface area (Å²) in [4.78, 5) is 0. The Hall–Kier alpha value is -1.32. The molecule has 114 valence electrons. The maximum Gasteiger partial charge on any atom is 0.0509 e. The van der Waals surface area contributed by atoms with Gasteiger partial charge >= 0.3 is 0 Å². The first-order chi connectivity index (χ1) is 10.1. The number of piperidine rings is 1. The van der Waals surface area contributed by atoms with Crippen LogP contribution in [-0.4, -0.2) is 21.7 Å². The summed E-state index contributed by atoms with van der Waals surface area (Å²) in [7, 11) is 2.18. The van der Waals surface area contributed by atoms with Crippen molar-refractivity contribution in [3.05, 3.63) is 35.5 Å². The number of nitrogens with one attached hydrogen (secondary N) is 1. The van der Waals surface area contributed by atoms with Crippen molar-refractivity contribution in [1.29, 1.82) is 0 Å². The largest absolute Gasteiger partial charge is 0.346 e. The second-order valence-electron chi connectivity index (χ2n) is 6.52. The molecule has 2 atom stereocenters. The molecular weight excluding hydrogens is 258 g/mol. The topological polar surface area (TPSA) is 20.2 Å². The predicted octanol–water partition coefficient (Wildman–Crippen LogP) is 3.75. The Balaban J connectivity index is 1.82. The normalized spacial score (nSPS) is 23.8. The van der Waals surface area contributed by atoms with Gasteiger partial charge in [-0.15, -0.1) is 0 Å². The Morgan fingerprint density at radius 2 is 1.81 bits per heavy atom. The van der Waals surface area contributed by atoms with Gasteiger partial charge in [0.1, 0.15) is 0 Å². The molecule has 2 unspecified atom stereocenters. The highest BCUT2D eigenvalue weighted by Crippen LogP contribution is 2.25. The molecule has 21 heavy (non-hydrogen) atoms. The third kappa shape index (κ3) is 2.60. The van der Waals surface area contributed by atoms with E-state index in [1.165, 1.54) is 41.4 Å². The smallest absolute Gasteiger partial charge is 0.0509 e. The lowest BCUT2D eigenvalue weighted by Crippen LogP contribution is -2.51. The van der Waals surface area contributed by atoms with Gasteiger partial charge in [0.05, 0.1) is 6.54 Å². The van der Waals surface area contributed by atoms with Crippen LogP contribution in [0.1, 0.15) is 44.4 Å². The molecule has 0 aliphatic carbocycles. The molecule has 1 aliphatic rings. The van der Waals surface area contributed by atoms with Crippen molar-refractivity contribution in [3.8, 4) is 0 Å². The van der Waals surface area contributed by atoms with Gasteiger partial charge in [0.2, 0.25) is 0 Å². The van der Waals surface area contributed by atoms with Gasteiger partial charge in [-0.1, -0.05) is 24.6 Å². The Bertz CT molecular complexity index is 580. The zero-order valence-electron chi connectivity index (χ0n) is 13.7. The van der Waals surface area contributed by atoms with E-state index in [1.54, 1.807) is 0 Å². The van der Waals surface area contributed by atoms with Gasteiger partial charge in [0.25, 0.3) is 0 Å². The summed E-state index contributed by atoms with van der Waals surface area (Å²) in [5, 5.41) is 3.83. The average Bonchev–Trinajstić information content (AvgIpc) is 2.72. The van der Waals surface area contributed by atoms with E-state index in [4.69, 9.17) is 0 Å². The highest BCUT2D eigenvalue weighted by Gasteiger charge is 2.24. The molecule has 0 saturated carbocycles. The van der Waals surface area contributed by atoms with Crippen LogP contribution in [0.25, 0.3) is 10.9 Å². The average molecular weight is 285 g/mol. The molecule has 3 heteroatoms. The minimum atomic E-state index is 0.628. The minimum Gasteiger partial charge on any atom is -0.346 e. The first-order valence-corrected chi connectivity index (χ1v) is 8.14. The zero-order chi connectivity index (χ0) is 15.0. The monoisotopic (exact) mass is 285 g/mol. The van der Waals surface area contributed by atoms with Gasteiger partial charge < -0.3 is 4.57 Å². The van der Waals surface area contributed by atoms with E-state index in [-0.39, 0.29) is 0 Å². The first kappa shape index (κ1) is 14.6. The van der Waals surface area contributed by atoms with Crippen LogP contribution < -0.4 is 5.43 Å². The van der Waals surface area contributed by atoms with E-state index in [0.717, 1.165) is 6.54 Å². The van der Waals surface area contributed by atoms with Gasteiger partial charge in [-0.3, -0.25) is 0 Å². The van der Waals surface area contributed by atoms with Gasteiger partial charge in [0.15, 0.2) is 0 Å². The van der Waals surface area contributed by atoms with Crippen LogP contribution in [0.3, 0.4) is 0 Å². The second-order valence-corrected chi connectivity index (χ2v) is 6.52. The lowest BCUT2D eigenvalue weighted by atomic mass is 10.00. The molecule has 0 bridgehead atoms. The quantitative estimate of drug-likeness (QED) is 0.926. The van der Waals surface area contributed by atoms with Crippen molar-refractivity contribution < 1.29 is 0 Å². The van der Waals surface area contributed by atoms with Crippen molar-refractivity contribution in [2.24, 2.45) is 7.05 Å². The minimum absolute atomic E-state index is 0.628. The number of hydrogen-bond acceptors (Lipinski definition) is 2. The van der Waals surface area contributed by atoms with E-state index in [0.29, 0.717) is 12.1 Å². The zero-order valence-corrected chi connectivity index (χ0v) is 13.7. The molecule has 3 nitrogen and oxygen atoms in total. The van der Waals surface area contributed by atoms with Gasteiger partial charge in [0, 0.05) is 35.7 Å². The summed E-state index contributed by atoms with van der Waals surface area (Å²) >= 11 is 0. The van der Waals surface area contributed by atoms with E-state index >= 15 is 0 Å². The number of nitrogens with zero attached hydrogens (tertiary/aromatic N) is 2. The fraction of sp³-hybridized carbons (Fsp3) is 0.556. The van der Waals surface area contributed by atoms with Crippen molar-refractivity contribution in [2.45, 2.75) is 58.7 Å². The number of benzene rings is 1. The van der Waals surface area contributed by atoms with Gasteiger partial charge in [-0.2, -0.15) is 0 Å². The van der Waals surface area contributed by atoms with E-state index in [9.17, 15) is 0 Å².